The number of rotatable bonds is 9. The predicted octanol–water partition coefficient (Wildman–Crippen LogP) is 12.6. The van der Waals surface area contributed by atoms with E-state index in [-0.39, 0.29) is 64.1 Å². The van der Waals surface area contributed by atoms with E-state index in [0.717, 1.165) is 85.3 Å². The molecular formula is C56H71N7O2. The van der Waals surface area contributed by atoms with Crippen LogP contribution in [0.25, 0.3) is 22.1 Å². The molecule has 3 aliphatic heterocycles. The molecule has 5 aliphatic rings. The summed E-state index contributed by atoms with van der Waals surface area (Å²) < 4.78 is 0. The van der Waals surface area contributed by atoms with Gasteiger partial charge in [-0.2, -0.15) is 0 Å². The molecule has 9 nitrogen and oxygen atoms in total. The van der Waals surface area contributed by atoms with Gasteiger partial charge in [-0.15, -0.1) is 0 Å². The highest BCUT2D eigenvalue weighted by Crippen LogP contribution is 2.62. The van der Waals surface area contributed by atoms with Gasteiger partial charge in [-0.25, -0.2) is 9.97 Å². The van der Waals surface area contributed by atoms with Crippen LogP contribution in [-0.2, 0) is 15.0 Å². The van der Waals surface area contributed by atoms with Crippen LogP contribution in [0.5, 0.6) is 0 Å². The van der Waals surface area contributed by atoms with E-state index >= 15 is 0 Å². The Kier molecular flexibility index (Phi) is 10.6. The van der Waals surface area contributed by atoms with Crippen LogP contribution >= 0.6 is 0 Å². The number of imidazole rings is 2. The minimum atomic E-state index is -0.0313. The van der Waals surface area contributed by atoms with Gasteiger partial charge >= 0.3 is 0 Å². The van der Waals surface area contributed by atoms with Crippen LogP contribution in [0.3, 0.4) is 0 Å². The van der Waals surface area contributed by atoms with Gasteiger partial charge in [-0.05, 0) is 147 Å². The normalized spacial score (nSPS) is 28.0. The molecule has 5 heterocycles. The van der Waals surface area contributed by atoms with Gasteiger partial charge in [-0.3, -0.25) is 9.59 Å². The topological polar surface area (TPSA) is 101 Å². The first kappa shape index (κ1) is 43.7. The summed E-state index contributed by atoms with van der Waals surface area (Å²) in [6, 6.07) is 23.0. The third-order valence-corrected chi connectivity index (χ3v) is 16.3. The Bertz CT molecular complexity index is 2560. The van der Waals surface area contributed by atoms with Crippen LogP contribution in [0.4, 0.5) is 5.69 Å². The number of aromatic amines is 2. The van der Waals surface area contributed by atoms with Crippen molar-refractivity contribution in [1.82, 2.24) is 29.7 Å². The molecule has 0 bridgehead atoms. The summed E-state index contributed by atoms with van der Waals surface area (Å²) in [5.74, 6) is 3.00. The zero-order valence-corrected chi connectivity index (χ0v) is 40.8. The molecule has 1 unspecified atom stereocenters. The Morgan fingerprint density at radius 2 is 1.05 bits per heavy atom. The van der Waals surface area contributed by atoms with Gasteiger partial charge in [0.25, 0.3) is 0 Å². The van der Waals surface area contributed by atoms with Crippen molar-refractivity contribution < 1.29 is 9.59 Å². The second kappa shape index (κ2) is 15.7. The summed E-state index contributed by atoms with van der Waals surface area (Å²) in [4.78, 5) is 52.9. The van der Waals surface area contributed by atoms with Crippen LogP contribution in [0.2, 0.25) is 0 Å². The lowest BCUT2D eigenvalue weighted by molar-refractivity contribution is -0.135. The fraction of sp³-hybridized carbons (Fsp3) is 0.536. The second-order valence-electron chi connectivity index (χ2n) is 23.1. The van der Waals surface area contributed by atoms with E-state index in [2.05, 4.69) is 174 Å². The monoisotopic (exact) mass is 874 g/mol. The standard InChI is InChI=1S/C56H71N7O2/c1-32(2)28-38-48(55(38,8)9)52(64)61-26-12-14-46(61)50-57-40-22-16-34(30-42(40)59-50)44-24-25-45(63(44)37-20-18-36(19-21-37)54(5,6)7)35-17-23-41-43(31-35)60-51(58-41)47-15-13-27-62(47)53(65)49-39(29-33(3)4)56(49,10)11/h16-23,28-31,38-39,44-49H,12-15,24-27H2,1-11H3,(H,57,59)(H,58,60)/t38-,39-,44-,45-,46+,47+,48+,49?/m1/s1. The van der Waals surface area contributed by atoms with E-state index in [1.807, 2.05) is 0 Å². The van der Waals surface area contributed by atoms with E-state index < -0.39 is 0 Å². The quantitative estimate of drug-likeness (QED) is 0.144. The van der Waals surface area contributed by atoms with Gasteiger partial charge < -0.3 is 24.7 Å². The molecule has 10 rings (SSSR count). The van der Waals surface area contributed by atoms with Gasteiger partial charge in [0.15, 0.2) is 0 Å². The van der Waals surface area contributed by atoms with E-state index in [4.69, 9.17) is 9.97 Å². The number of carbonyl (C=O) groups excluding carboxylic acids is 2. The molecule has 0 radical (unpaired) electrons. The SMILES string of the molecule is CC(C)=C[C@@H]1C(C(=O)N2CCC[C@H]2c2nc3ccc([C@H]4CC[C@H](c5ccc6nc([C@@H]7CCCN7C(=O)[C@@H]7[C@@H](C=C(C)C)C7(C)C)[nH]c6c5)N4c4ccc(C(C)(C)C)cc4)cc3[nH]2)C1(C)C. The van der Waals surface area contributed by atoms with E-state index in [9.17, 15) is 9.59 Å². The number of anilines is 1. The summed E-state index contributed by atoms with van der Waals surface area (Å²) in [7, 11) is 0. The smallest absolute Gasteiger partial charge is 0.227 e. The molecule has 2 aliphatic carbocycles. The Morgan fingerprint density at radius 1 is 0.615 bits per heavy atom. The summed E-state index contributed by atoms with van der Waals surface area (Å²) in [6.45, 7) is 25.9. The predicted molar refractivity (Wildman–Crippen MR) is 262 cm³/mol. The Labute approximate surface area is 386 Å². The van der Waals surface area contributed by atoms with Gasteiger partial charge in [0.2, 0.25) is 11.8 Å². The van der Waals surface area contributed by atoms with Gasteiger partial charge in [0, 0.05) is 18.8 Å². The molecule has 0 spiro atoms. The summed E-state index contributed by atoms with van der Waals surface area (Å²) in [6.07, 6.45) is 10.4. The largest absolute Gasteiger partial charge is 0.357 e. The Hall–Kier alpha value is -5.18. The van der Waals surface area contributed by atoms with Gasteiger partial charge in [0.05, 0.1) is 58.1 Å². The average Bonchev–Trinajstić information content (AvgIpc) is 3.88. The number of hydrogen-bond donors (Lipinski definition) is 2. The average molecular weight is 874 g/mol. The van der Waals surface area contributed by atoms with E-state index in [1.54, 1.807) is 0 Å². The van der Waals surface area contributed by atoms with E-state index in [1.165, 1.54) is 33.5 Å². The highest BCUT2D eigenvalue weighted by molar-refractivity contribution is 5.86. The van der Waals surface area contributed by atoms with Gasteiger partial charge in [0.1, 0.15) is 11.6 Å². The van der Waals surface area contributed by atoms with Crippen LogP contribution in [0, 0.1) is 34.5 Å². The molecule has 342 valence electrons. The lowest BCUT2D eigenvalue weighted by Crippen LogP contribution is -2.33. The summed E-state index contributed by atoms with van der Waals surface area (Å²) >= 11 is 0. The number of allylic oxidation sites excluding steroid dienone is 4. The molecule has 3 aromatic carbocycles. The van der Waals surface area contributed by atoms with Crippen molar-refractivity contribution in [3.63, 3.8) is 0 Å². The molecule has 9 heteroatoms. The first-order valence-electron chi connectivity index (χ1n) is 24.6. The van der Waals surface area contributed by atoms with Crippen LogP contribution in [0.1, 0.15) is 167 Å². The number of benzene rings is 3. The molecule has 2 amide bonds. The van der Waals surface area contributed by atoms with Crippen LogP contribution in [0.15, 0.2) is 84.0 Å². The maximum absolute atomic E-state index is 14.1. The number of carbonyl (C=O) groups is 2. The molecule has 5 aromatic rings. The van der Waals surface area contributed by atoms with Crippen LogP contribution in [-0.4, -0.2) is 54.6 Å². The number of hydrogen-bond acceptors (Lipinski definition) is 5. The molecule has 65 heavy (non-hydrogen) atoms. The molecule has 2 N–H and O–H groups in total. The number of nitrogens with one attached hydrogen (secondary N) is 2. The number of fused-ring (bicyclic) bond motifs is 2. The maximum Gasteiger partial charge on any atom is 0.227 e. The first-order valence-corrected chi connectivity index (χ1v) is 24.6. The lowest BCUT2D eigenvalue weighted by Gasteiger charge is -2.34. The third kappa shape index (κ3) is 7.62. The highest BCUT2D eigenvalue weighted by atomic mass is 16.2. The number of nitrogens with zero attached hydrogens (tertiary/aromatic N) is 5. The van der Waals surface area contributed by atoms with Crippen molar-refractivity contribution >= 4 is 39.6 Å². The molecule has 3 saturated heterocycles. The molecule has 8 atom stereocenters. The zero-order valence-electron chi connectivity index (χ0n) is 40.8. The molecular weight excluding hydrogens is 803 g/mol. The van der Waals surface area contributed by atoms with Crippen molar-refractivity contribution in [2.24, 2.45) is 34.5 Å². The first-order chi connectivity index (χ1) is 30.8. The second-order valence-corrected chi connectivity index (χ2v) is 23.1. The van der Waals surface area contributed by atoms with Crippen LogP contribution < -0.4 is 4.90 Å². The van der Waals surface area contributed by atoms with Crippen molar-refractivity contribution in [2.75, 3.05) is 18.0 Å². The Morgan fingerprint density at radius 3 is 1.45 bits per heavy atom. The van der Waals surface area contributed by atoms with Crippen molar-refractivity contribution in [1.29, 1.82) is 0 Å². The fourth-order valence-corrected chi connectivity index (χ4v) is 12.4. The summed E-state index contributed by atoms with van der Waals surface area (Å²) in [5.41, 5.74) is 11.6. The van der Waals surface area contributed by atoms with Crippen molar-refractivity contribution in [3.05, 3.63) is 112 Å². The van der Waals surface area contributed by atoms with Crippen molar-refractivity contribution in [2.45, 2.75) is 144 Å². The summed E-state index contributed by atoms with van der Waals surface area (Å²) in [5, 5.41) is 0. The van der Waals surface area contributed by atoms with E-state index in [0.29, 0.717) is 11.8 Å². The Balaban J connectivity index is 0.933. The minimum absolute atomic E-state index is 0.0164. The maximum atomic E-state index is 14.1. The number of amides is 2. The number of likely N-dealkylation sites (tertiary alicyclic amines) is 2. The van der Waals surface area contributed by atoms with Crippen molar-refractivity contribution in [3.8, 4) is 0 Å². The molecule has 5 fully saturated rings. The fourth-order valence-electron chi connectivity index (χ4n) is 12.4. The number of aromatic nitrogens is 4. The lowest BCUT2D eigenvalue weighted by atomic mass is 9.87. The highest BCUT2D eigenvalue weighted by Gasteiger charge is 2.63. The molecule has 2 aromatic heterocycles. The third-order valence-electron chi connectivity index (χ3n) is 16.3. The molecule has 2 saturated carbocycles. The number of H-pyrrole nitrogens is 2. The minimum Gasteiger partial charge on any atom is -0.357 e. The van der Waals surface area contributed by atoms with Gasteiger partial charge in [-0.1, -0.05) is 96.0 Å². The zero-order chi connectivity index (χ0) is 45.9.